The number of aromatic nitrogens is 4. The molecule has 0 saturated carbocycles. The third kappa shape index (κ3) is 5.38. The van der Waals surface area contributed by atoms with Crippen LogP contribution in [0.5, 0.6) is 0 Å². The Morgan fingerprint density at radius 1 is 1.11 bits per heavy atom. The molecule has 1 atom stereocenters. The van der Waals surface area contributed by atoms with Gasteiger partial charge in [0, 0.05) is 24.7 Å². The molecule has 35 heavy (non-hydrogen) atoms. The van der Waals surface area contributed by atoms with E-state index in [4.69, 9.17) is 0 Å². The van der Waals surface area contributed by atoms with Crippen molar-refractivity contribution < 1.29 is 10.0 Å². The SMILES string of the molecule is CC[C@H](CO)Nc1nc(NCc2ccc(-c3cccc([N+](=O)[O-])c3)cc2)c2ncn(C(C)C)c2n1. The van der Waals surface area contributed by atoms with E-state index >= 15 is 0 Å². The van der Waals surface area contributed by atoms with Crippen LogP contribution in [0.1, 0.15) is 38.8 Å². The van der Waals surface area contributed by atoms with Gasteiger partial charge in [0.15, 0.2) is 17.0 Å². The van der Waals surface area contributed by atoms with Gasteiger partial charge in [-0.15, -0.1) is 0 Å². The van der Waals surface area contributed by atoms with Crippen LogP contribution in [0.25, 0.3) is 22.3 Å². The van der Waals surface area contributed by atoms with Gasteiger partial charge >= 0.3 is 0 Å². The van der Waals surface area contributed by atoms with Crippen molar-refractivity contribution in [1.82, 2.24) is 19.5 Å². The van der Waals surface area contributed by atoms with Crippen LogP contribution in [0.2, 0.25) is 0 Å². The van der Waals surface area contributed by atoms with E-state index in [0.717, 1.165) is 23.1 Å². The van der Waals surface area contributed by atoms with Gasteiger partial charge in [0.1, 0.15) is 0 Å². The van der Waals surface area contributed by atoms with Gasteiger partial charge in [0.2, 0.25) is 5.95 Å². The second kappa shape index (κ2) is 10.5. The highest BCUT2D eigenvalue weighted by molar-refractivity contribution is 5.84. The van der Waals surface area contributed by atoms with Gasteiger partial charge in [-0.3, -0.25) is 10.1 Å². The van der Waals surface area contributed by atoms with Crippen molar-refractivity contribution in [3.63, 3.8) is 0 Å². The van der Waals surface area contributed by atoms with Crippen LogP contribution in [0.4, 0.5) is 17.5 Å². The molecule has 4 aromatic rings. The van der Waals surface area contributed by atoms with Gasteiger partial charge in [-0.1, -0.05) is 43.3 Å². The molecule has 0 fully saturated rings. The Bertz CT molecular complexity index is 1310. The van der Waals surface area contributed by atoms with E-state index in [1.54, 1.807) is 18.5 Å². The summed E-state index contributed by atoms with van der Waals surface area (Å²) in [7, 11) is 0. The number of anilines is 2. The zero-order valence-electron chi connectivity index (χ0n) is 20.0. The van der Waals surface area contributed by atoms with Crippen LogP contribution in [-0.4, -0.2) is 42.2 Å². The van der Waals surface area contributed by atoms with E-state index in [9.17, 15) is 15.2 Å². The molecule has 4 rings (SSSR count). The Kier molecular flexibility index (Phi) is 7.21. The largest absolute Gasteiger partial charge is 0.394 e. The van der Waals surface area contributed by atoms with Crippen molar-refractivity contribution >= 4 is 28.6 Å². The fraction of sp³-hybridized carbons (Fsp3) is 0.320. The molecule has 2 aromatic heterocycles. The molecule has 0 saturated heterocycles. The Morgan fingerprint density at radius 2 is 1.89 bits per heavy atom. The number of nitrogens with zero attached hydrogens (tertiary/aromatic N) is 5. The Hall–Kier alpha value is -4.05. The quantitative estimate of drug-likeness (QED) is 0.221. The molecule has 0 aliphatic rings. The number of aliphatic hydroxyl groups excluding tert-OH is 1. The number of rotatable bonds is 10. The molecule has 3 N–H and O–H groups in total. The number of hydrogen-bond acceptors (Lipinski definition) is 8. The lowest BCUT2D eigenvalue weighted by Crippen LogP contribution is -2.24. The molecule has 0 radical (unpaired) electrons. The summed E-state index contributed by atoms with van der Waals surface area (Å²) in [5.74, 6) is 1.04. The predicted octanol–water partition coefficient (Wildman–Crippen LogP) is 4.78. The van der Waals surface area contributed by atoms with Crippen LogP contribution < -0.4 is 10.6 Å². The fourth-order valence-corrected chi connectivity index (χ4v) is 3.74. The summed E-state index contributed by atoms with van der Waals surface area (Å²) in [5.41, 5.74) is 4.17. The van der Waals surface area contributed by atoms with E-state index in [1.165, 1.54) is 6.07 Å². The number of hydrogen-bond donors (Lipinski definition) is 3. The summed E-state index contributed by atoms with van der Waals surface area (Å²) in [5, 5.41) is 27.2. The van der Waals surface area contributed by atoms with E-state index in [-0.39, 0.29) is 24.4 Å². The maximum absolute atomic E-state index is 11.1. The summed E-state index contributed by atoms with van der Waals surface area (Å²) < 4.78 is 1.99. The summed E-state index contributed by atoms with van der Waals surface area (Å²) >= 11 is 0. The lowest BCUT2D eigenvalue weighted by molar-refractivity contribution is -0.384. The van der Waals surface area contributed by atoms with Crippen molar-refractivity contribution in [2.45, 2.75) is 45.8 Å². The first-order chi connectivity index (χ1) is 16.9. The zero-order chi connectivity index (χ0) is 24.9. The minimum atomic E-state index is -0.392. The van der Waals surface area contributed by atoms with E-state index < -0.39 is 4.92 Å². The van der Waals surface area contributed by atoms with Crippen LogP contribution in [-0.2, 0) is 6.54 Å². The van der Waals surface area contributed by atoms with Gasteiger partial charge in [0.05, 0.1) is 23.9 Å². The first kappa shape index (κ1) is 24.1. The molecule has 2 aromatic carbocycles. The molecule has 0 bridgehead atoms. The fourth-order valence-electron chi connectivity index (χ4n) is 3.74. The average molecular weight is 476 g/mol. The monoisotopic (exact) mass is 475 g/mol. The lowest BCUT2D eigenvalue weighted by Gasteiger charge is -2.16. The summed E-state index contributed by atoms with van der Waals surface area (Å²) in [4.78, 5) is 24.5. The highest BCUT2D eigenvalue weighted by Crippen LogP contribution is 2.26. The Labute approximate surface area is 203 Å². The van der Waals surface area contributed by atoms with Crippen molar-refractivity contribution in [3.8, 4) is 11.1 Å². The van der Waals surface area contributed by atoms with E-state index in [0.29, 0.717) is 29.5 Å². The number of imidazole rings is 1. The minimum Gasteiger partial charge on any atom is -0.394 e. The maximum Gasteiger partial charge on any atom is 0.270 e. The molecule has 2 heterocycles. The molecule has 10 heteroatoms. The van der Waals surface area contributed by atoms with Gasteiger partial charge in [-0.25, -0.2) is 4.98 Å². The van der Waals surface area contributed by atoms with Gasteiger partial charge < -0.3 is 20.3 Å². The number of nitro benzene ring substituents is 1. The van der Waals surface area contributed by atoms with Crippen LogP contribution in [0, 0.1) is 10.1 Å². The summed E-state index contributed by atoms with van der Waals surface area (Å²) in [6.07, 6.45) is 2.50. The summed E-state index contributed by atoms with van der Waals surface area (Å²) in [6, 6.07) is 14.5. The lowest BCUT2D eigenvalue weighted by atomic mass is 10.0. The first-order valence-electron chi connectivity index (χ1n) is 11.6. The molecular weight excluding hydrogens is 446 g/mol. The molecule has 0 aliphatic carbocycles. The third-order valence-corrected chi connectivity index (χ3v) is 5.83. The third-order valence-electron chi connectivity index (χ3n) is 5.83. The van der Waals surface area contributed by atoms with Crippen LogP contribution in [0.15, 0.2) is 54.9 Å². The molecule has 0 aliphatic heterocycles. The molecule has 182 valence electrons. The van der Waals surface area contributed by atoms with Crippen LogP contribution in [0.3, 0.4) is 0 Å². The van der Waals surface area contributed by atoms with Crippen LogP contribution >= 0.6 is 0 Å². The van der Waals surface area contributed by atoms with Gasteiger partial charge in [-0.2, -0.15) is 9.97 Å². The number of non-ortho nitro benzene ring substituents is 1. The second-order valence-corrected chi connectivity index (χ2v) is 8.60. The molecule has 0 amide bonds. The number of benzene rings is 2. The molecule has 0 spiro atoms. The average Bonchev–Trinajstić information content (AvgIpc) is 3.30. The van der Waals surface area contributed by atoms with E-state index in [2.05, 4.69) is 39.4 Å². The number of nitrogens with one attached hydrogen (secondary N) is 2. The normalized spacial score (nSPS) is 12.1. The molecular formula is C25H29N7O3. The number of fused-ring (bicyclic) bond motifs is 1. The molecule has 0 unspecified atom stereocenters. The zero-order valence-corrected chi connectivity index (χ0v) is 20.0. The highest BCUT2D eigenvalue weighted by atomic mass is 16.6. The predicted molar refractivity (Wildman–Crippen MR) is 136 cm³/mol. The van der Waals surface area contributed by atoms with Crippen molar-refractivity contribution in [2.75, 3.05) is 17.2 Å². The topological polar surface area (TPSA) is 131 Å². The minimum absolute atomic E-state index is 0.0129. The Morgan fingerprint density at radius 3 is 2.54 bits per heavy atom. The summed E-state index contributed by atoms with van der Waals surface area (Å²) in [6.45, 7) is 6.61. The smallest absolute Gasteiger partial charge is 0.270 e. The van der Waals surface area contributed by atoms with Gasteiger partial charge in [0.25, 0.3) is 5.69 Å². The highest BCUT2D eigenvalue weighted by Gasteiger charge is 2.16. The maximum atomic E-state index is 11.1. The standard InChI is InChI=1S/C25H29N7O3/c1-4-20(14-33)28-25-29-23(22-24(30-25)31(15-27-22)16(2)3)26-13-17-8-10-18(11-9-17)19-6-5-7-21(12-19)32(34)35/h5-12,15-16,20,33H,4,13-14H2,1-3H3,(H2,26,28,29,30)/t20-/m1/s1. The van der Waals surface area contributed by atoms with Crippen molar-refractivity contribution in [3.05, 3.63) is 70.5 Å². The molecule has 10 nitrogen and oxygen atoms in total. The number of nitro groups is 1. The number of aliphatic hydroxyl groups is 1. The van der Waals surface area contributed by atoms with Crippen molar-refractivity contribution in [2.24, 2.45) is 0 Å². The van der Waals surface area contributed by atoms with Crippen molar-refractivity contribution in [1.29, 1.82) is 0 Å². The van der Waals surface area contributed by atoms with E-state index in [1.807, 2.05) is 41.8 Å². The second-order valence-electron chi connectivity index (χ2n) is 8.60. The Balaban J connectivity index is 1.57. The van der Waals surface area contributed by atoms with Gasteiger partial charge in [-0.05, 0) is 37.0 Å². The first-order valence-corrected chi connectivity index (χ1v) is 11.6.